The van der Waals surface area contributed by atoms with Crippen molar-refractivity contribution in [3.63, 3.8) is 0 Å². The molecule has 0 aliphatic heterocycles. The maximum atomic E-state index is 12.9. The summed E-state index contributed by atoms with van der Waals surface area (Å²) in [6, 6.07) is 31.3. The molecule has 0 saturated carbocycles. The van der Waals surface area contributed by atoms with Crippen molar-refractivity contribution in [2.45, 2.75) is 53.3 Å². The van der Waals surface area contributed by atoms with Gasteiger partial charge in [0.15, 0.2) is 0 Å². The molecule has 0 fully saturated rings. The van der Waals surface area contributed by atoms with Gasteiger partial charge in [-0.05, 0) is 98.3 Å². The summed E-state index contributed by atoms with van der Waals surface area (Å²) in [6.07, 6.45) is 0. The van der Waals surface area contributed by atoms with Crippen LogP contribution in [0.2, 0.25) is 0 Å². The number of fused-ring (bicyclic) bond motifs is 1. The molecule has 44 heavy (non-hydrogen) atoms. The first-order chi connectivity index (χ1) is 20.9. The summed E-state index contributed by atoms with van der Waals surface area (Å²) in [4.78, 5) is 15.0. The molecule has 5 aromatic rings. The highest BCUT2D eigenvalue weighted by atomic mass is 16.6. The molecule has 1 N–H and O–H groups in total. The first-order valence-electron chi connectivity index (χ1n) is 15.1. The number of carbonyl (C=O) groups excluding carboxylic acids is 1. The number of nitrogens with one attached hydrogen (secondary N) is 1. The van der Waals surface area contributed by atoms with Gasteiger partial charge in [-0.15, -0.1) is 0 Å². The Balaban J connectivity index is 1.33. The maximum Gasteiger partial charge on any atom is 0.339 e. The Labute approximate surface area is 261 Å². The van der Waals surface area contributed by atoms with Crippen molar-refractivity contribution < 1.29 is 9.53 Å². The van der Waals surface area contributed by atoms with E-state index in [1.54, 1.807) is 0 Å². The fourth-order valence-corrected chi connectivity index (χ4v) is 5.48. The molecule has 5 nitrogen and oxygen atoms in total. The van der Waals surface area contributed by atoms with Crippen molar-refractivity contribution in [1.29, 1.82) is 0 Å². The van der Waals surface area contributed by atoms with Crippen molar-refractivity contribution in [2.75, 3.05) is 19.0 Å². The van der Waals surface area contributed by atoms with E-state index in [4.69, 9.17) is 4.74 Å². The Morgan fingerprint density at radius 2 is 1.55 bits per heavy atom. The number of anilines is 1. The van der Waals surface area contributed by atoms with Crippen LogP contribution in [0.4, 0.5) is 5.69 Å². The van der Waals surface area contributed by atoms with E-state index in [9.17, 15) is 4.79 Å². The second-order valence-electron chi connectivity index (χ2n) is 12.7. The number of hydrogen-bond acceptors (Lipinski definition) is 4. The molecule has 0 radical (unpaired) electrons. The Morgan fingerprint density at radius 3 is 2.20 bits per heavy atom. The number of nitrogens with zero attached hydrogens (tertiary/aromatic N) is 2. The van der Waals surface area contributed by atoms with Gasteiger partial charge in [-0.3, -0.25) is 0 Å². The minimum absolute atomic E-state index is 0.307. The van der Waals surface area contributed by atoms with Crippen LogP contribution in [0.25, 0.3) is 27.7 Å². The first kappa shape index (κ1) is 30.7. The molecule has 226 valence electrons. The molecule has 0 amide bonds. The van der Waals surface area contributed by atoms with E-state index in [2.05, 4.69) is 102 Å². The van der Waals surface area contributed by atoms with Crippen LogP contribution in [0, 0.1) is 13.8 Å². The van der Waals surface area contributed by atoms with Gasteiger partial charge < -0.3 is 19.5 Å². The van der Waals surface area contributed by atoms with Gasteiger partial charge in [0.25, 0.3) is 0 Å². The molecule has 5 rings (SSSR count). The van der Waals surface area contributed by atoms with E-state index in [1.165, 1.54) is 39.0 Å². The number of benzene rings is 4. The first-order valence-corrected chi connectivity index (χ1v) is 15.1. The van der Waals surface area contributed by atoms with Crippen LogP contribution in [-0.4, -0.2) is 30.2 Å². The minimum atomic E-state index is -0.549. The summed E-state index contributed by atoms with van der Waals surface area (Å²) in [7, 11) is 4.10. The standard InChI is InChI=1S/C39H43N3O2/c1-26-28(3)42(25-30-13-17-31(18-14-30)34-11-9-10-12-35(34)38(43)44-39(4,5)6)37-22-19-32(23-36(26)37)27(2)40-24-29-15-20-33(21-16-29)41(7)8/h9-23,40H,2,24-25H2,1,3-8H3. The molecule has 0 aliphatic carbocycles. The van der Waals surface area contributed by atoms with E-state index in [1.807, 2.05) is 59.1 Å². The van der Waals surface area contributed by atoms with Crippen molar-refractivity contribution in [3.05, 3.63) is 131 Å². The van der Waals surface area contributed by atoms with Gasteiger partial charge >= 0.3 is 5.97 Å². The van der Waals surface area contributed by atoms with Gasteiger partial charge in [0.1, 0.15) is 5.60 Å². The third-order valence-corrected chi connectivity index (χ3v) is 8.10. The van der Waals surface area contributed by atoms with Crippen LogP contribution in [-0.2, 0) is 17.8 Å². The van der Waals surface area contributed by atoms with Crippen molar-refractivity contribution in [3.8, 4) is 11.1 Å². The van der Waals surface area contributed by atoms with E-state index in [-0.39, 0.29) is 5.97 Å². The predicted octanol–water partition coefficient (Wildman–Crippen LogP) is 8.76. The van der Waals surface area contributed by atoms with Crippen LogP contribution >= 0.6 is 0 Å². The summed E-state index contributed by atoms with van der Waals surface area (Å²) in [5.74, 6) is -0.307. The minimum Gasteiger partial charge on any atom is -0.456 e. The van der Waals surface area contributed by atoms with E-state index >= 15 is 0 Å². The van der Waals surface area contributed by atoms with Gasteiger partial charge in [-0.1, -0.05) is 67.2 Å². The second kappa shape index (κ2) is 12.5. The molecule has 0 bridgehead atoms. The third kappa shape index (κ3) is 6.73. The molecule has 1 aromatic heterocycles. The molecule has 0 unspecified atom stereocenters. The topological polar surface area (TPSA) is 46.5 Å². The quantitative estimate of drug-likeness (QED) is 0.176. The van der Waals surface area contributed by atoms with Gasteiger partial charge in [0, 0.05) is 55.2 Å². The number of hydrogen-bond donors (Lipinski definition) is 1. The Morgan fingerprint density at radius 1 is 0.886 bits per heavy atom. The van der Waals surface area contributed by atoms with Crippen molar-refractivity contribution >= 4 is 28.3 Å². The third-order valence-electron chi connectivity index (χ3n) is 8.10. The highest BCUT2D eigenvalue weighted by molar-refractivity contribution is 5.97. The lowest BCUT2D eigenvalue weighted by Crippen LogP contribution is -2.24. The van der Waals surface area contributed by atoms with E-state index in [0.29, 0.717) is 5.56 Å². The van der Waals surface area contributed by atoms with Crippen molar-refractivity contribution in [1.82, 2.24) is 9.88 Å². The second-order valence-corrected chi connectivity index (χ2v) is 12.7. The lowest BCUT2D eigenvalue weighted by atomic mass is 9.98. The predicted molar refractivity (Wildman–Crippen MR) is 184 cm³/mol. The molecule has 0 spiro atoms. The molecular weight excluding hydrogens is 542 g/mol. The highest BCUT2D eigenvalue weighted by Gasteiger charge is 2.21. The molecule has 4 aromatic carbocycles. The van der Waals surface area contributed by atoms with Crippen LogP contribution < -0.4 is 10.2 Å². The Bertz CT molecular complexity index is 1800. The zero-order valence-electron chi connectivity index (χ0n) is 27.0. The highest BCUT2D eigenvalue weighted by Crippen LogP contribution is 2.30. The molecular formula is C39H43N3O2. The molecule has 0 saturated heterocycles. The van der Waals surface area contributed by atoms with Crippen molar-refractivity contribution in [2.24, 2.45) is 0 Å². The normalized spacial score (nSPS) is 11.4. The fraction of sp³-hybridized carbons (Fsp3) is 0.256. The average Bonchev–Trinajstić information content (AvgIpc) is 3.23. The fourth-order valence-electron chi connectivity index (χ4n) is 5.48. The number of aryl methyl sites for hydroxylation is 1. The van der Waals surface area contributed by atoms with Gasteiger partial charge in [-0.25, -0.2) is 4.79 Å². The van der Waals surface area contributed by atoms with Crippen LogP contribution in [0.5, 0.6) is 0 Å². The summed E-state index contributed by atoms with van der Waals surface area (Å²) in [6.45, 7) is 15.8. The van der Waals surface area contributed by atoms with E-state index in [0.717, 1.165) is 35.5 Å². The smallest absolute Gasteiger partial charge is 0.339 e. The van der Waals surface area contributed by atoms with Crippen LogP contribution in [0.3, 0.4) is 0 Å². The lowest BCUT2D eigenvalue weighted by Gasteiger charge is -2.20. The zero-order chi connectivity index (χ0) is 31.6. The largest absolute Gasteiger partial charge is 0.456 e. The zero-order valence-corrected chi connectivity index (χ0v) is 27.0. The summed E-state index contributed by atoms with van der Waals surface area (Å²) >= 11 is 0. The molecule has 0 aliphatic rings. The Hall–Kier alpha value is -4.77. The molecule has 5 heteroatoms. The number of esters is 1. The van der Waals surface area contributed by atoms with Gasteiger partial charge in [-0.2, -0.15) is 0 Å². The lowest BCUT2D eigenvalue weighted by molar-refractivity contribution is 0.00704. The van der Waals surface area contributed by atoms with Gasteiger partial charge in [0.05, 0.1) is 5.56 Å². The number of rotatable bonds is 9. The SMILES string of the molecule is C=C(NCc1ccc(N(C)C)cc1)c1ccc2c(c1)c(C)c(C)n2Cc1ccc(-c2ccccc2C(=O)OC(C)(C)C)cc1. The summed E-state index contributed by atoms with van der Waals surface area (Å²) in [5.41, 5.74) is 11.2. The van der Waals surface area contributed by atoms with Crippen LogP contribution in [0.1, 0.15) is 59.1 Å². The number of carbonyl (C=O) groups is 1. The number of aromatic nitrogens is 1. The molecule has 0 atom stereocenters. The molecule has 1 heterocycles. The summed E-state index contributed by atoms with van der Waals surface area (Å²) in [5, 5.41) is 4.74. The van der Waals surface area contributed by atoms with Gasteiger partial charge in [0.2, 0.25) is 0 Å². The Kier molecular flexibility index (Phi) is 8.68. The monoisotopic (exact) mass is 585 g/mol. The summed E-state index contributed by atoms with van der Waals surface area (Å²) < 4.78 is 8.04. The van der Waals surface area contributed by atoms with Crippen LogP contribution in [0.15, 0.2) is 97.6 Å². The van der Waals surface area contributed by atoms with E-state index < -0.39 is 5.60 Å². The average molecular weight is 586 g/mol. The number of ether oxygens (including phenoxy) is 1. The maximum absolute atomic E-state index is 12.9.